The normalized spacial score (nSPS) is 13.5. The highest BCUT2D eigenvalue weighted by atomic mass is 32.2. The van der Waals surface area contributed by atoms with E-state index in [-0.39, 0.29) is 28.0 Å². The summed E-state index contributed by atoms with van der Waals surface area (Å²) in [6.07, 6.45) is 0.455. The van der Waals surface area contributed by atoms with Gasteiger partial charge in [-0.1, -0.05) is 17.7 Å². The van der Waals surface area contributed by atoms with Crippen molar-refractivity contribution in [3.63, 3.8) is 0 Å². The number of anilines is 1. The Kier molecular flexibility index (Phi) is 6.80. The van der Waals surface area contributed by atoms with Gasteiger partial charge in [-0.05, 0) is 38.0 Å². The number of hydrogen-bond acceptors (Lipinski definition) is 7. The number of esters is 1. The van der Waals surface area contributed by atoms with Crippen LogP contribution in [0.1, 0.15) is 40.2 Å². The number of amides is 2. The van der Waals surface area contributed by atoms with Gasteiger partial charge in [0.25, 0.3) is 0 Å². The van der Waals surface area contributed by atoms with Gasteiger partial charge < -0.3 is 15.0 Å². The molecule has 0 atom stereocenters. The second kappa shape index (κ2) is 9.19. The molecular weight excluding hydrogens is 440 g/mol. The summed E-state index contributed by atoms with van der Waals surface area (Å²) in [6, 6.07) is 6.25. The largest absolute Gasteiger partial charge is 0.462 e. The highest BCUT2D eigenvalue weighted by Gasteiger charge is 2.31. The molecule has 0 spiro atoms. The number of nitrogens with zero attached hydrogens (tertiary/aromatic N) is 1. The number of aryl methyl sites for hydroxylation is 1. The number of fused-ring (bicyclic) bond motifs is 1. The second-order valence-electron chi connectivity index (χ2n) is 7.24. The summed E-state index contributed by atoms with van der Waals surface area (Å²) in [6.45, 7) is 5.95. The van der Waals surface area contributed by atoms with Crippen molar-refractivity contribution in [1.82, 2.24) is 4.90 Å². The quantitative estimate of drug-likeness (QED) is 0.658. The van der Waals surface area contributed by atoms with E-state index >= 15 is 0 Å². The third kappa shape index (κ3) is 5.13. The van der Waals surface area contributed by atoms with Crippen LogP contribution in [0, 0.1) is 6.92 Å². The number of ether oxygens (including phenoxy) is 1. The fourth-order valence-electron chi connectivity index (χ4n) is 3.34. The van der Waals surface area contributed by atoms with Crippen molar-refractivity contribution in [2.45, 2.75) is 38.6 Å². The number of rotatable bonds is 6. The minimum Gasteiger partial charge on any atom is -0.462 e. The highest BCUT2D eigenvalue weighted by Crippen LogP contribution is 2.37. The smallest absolute Gasteiger partial charge is 0.341 e. The molecular formula is C21H24N2O6S2. The Morgan fingerprint density at radius 2 is 1.87 bits per heavy atom. The molecule has 3 rings (SSSR count). The number of thiophene rings is 1. The van der Waals surface area contributed by atoms with Gasteiger partial charge >= 0.3 is 5.97 Å². The molecule has 0 unspecified atom stereocenters. The summed E-state index contributed by atoms with van der Waals surface area (Å²) in [7, 11) is -3.84. The first-order chi connectivity index (χ1) is 14.6. The van der Waals surface area contributed by atoms with Crippen LogP contribution in [0.2, 0.25) is 0 Å². The summed E-state index contributed by atoms with van der Waals surface area (Å²) in [5, 5.41) is 2.83. The van der Waals surface area contributed by atoms with Crippen molar-refractivity contribution in [1.29, 1.82) is 0 Å². The lowest BCUT2D eigenvalue weighted by Gasteiger charge is -2.25. The van der Waals surface area contributed by atoms with Crippen LogP contribution in [-0.2, 0) is 37.1 Å². The Hall–Kier alpha value is -2.72. The van der Waals surface area contributed by atoms with E-state index in [1.165, 1.54) is 30.4 Å². The number of carbonyl (C=O) groups excluding carboxylic acids is 3. The van der Waals surface area contributed by atoms with Crippen molar-refractivity contribution >= 4 is 44.0 Å². The van der Waals surface area contributed by atoms with Gasteiger partial charge in [-0.15, -0.1) is 11.3 Å². The van der Waals surface area contributed by atoms with Gasteiger partial charge in [0.2, 0.25) is 11.8 Å². The molecule has 8 nitrogen and oxygen atoms in total. The SMILES string of the molecule is CCOC(=O)c1c(NC(=O)CS(=O)(=O)c2ccc(C)cc2)sc2c1CCN(C(C)=O)C2. The Morgan fingerprint density at radius 1 is 1.19 bits per heavy atom. The van der Waals surface area contributed by atoms with Gasteiger partial charge in [0.1, 0.15) is 10.8 Å². The molecule has 1 aliphatic heterocycles. The third-order valence-corrected chi connectivity index (χ3v) is 7.70. The summed E-state index contributed by atoms with van der Waals surface area (Å²) in [4.78, 5) is 39.4. The van der Waals surface area contributed by atoms with Crippen LogP contribution < -0.4 is 5.32 Å². The molecule has 166 valence electrons. The van der Waals surface area contributed by atoms with E-state index < -0.39 is 27.5 Å². The molecule has 0 aliphatic carbocycles. The van der Waals surface area contributed by atoms with Crippen molar-refractivity contribution in [2.75, 3.05) is 24.2 Å². The molecule has 0 radical (unpaired) electrons. The number of nitrogens with one attached hydrogen (secondary N) is 1. The number of hydrogen-bond donors (Lipinski definition) is 1. The molecule has 1 N–H and O–H groups in total. The van der Waals surface area contributed by atoms with Crippen LogP contribution in [-0.4, -0.2) is 50.0 Å². The van der Waals surface area contributed by atoms with Gasteiger partial charge in [-0.2, -0.15) is 0 Å². The topological polar surface area (TPSA) is 110 Å². The molecule has 0 fully saturated rings. The van der Waals surface area contributed by atoms with Gasteiger partial charge in [0.15, 0.2) is 9.84 Å². The van der Waals surface area contributed by atoms with E-state index in [0.29, 0.717) is 19.5 Å². The first-order valence-corrected chi connectivity index (χ1v) is 12.3. The van der Waals surface area contributed by atoms with Gasteiger partial charge in [-0.3, -0.25) is 9.59 Å². The molecule has 2 amide bonds. The molecule has 2 aromatic rings. The minimum atomic E-state index is -3.84. The van der Waals surface area contributed by atoms with Crippen LogP contribution in [0.3, 0.4) is 0 Å². The minimum absolute atomic E-state index is 0.0569. The van der Waals surface area contributed by atoms with Crippen LogP contribution in [0.4, 0.5) is 5.00 Å². The maximum absolute atomic E-state index is 12.6. The van der Waals surface area contributed by atoms with Crippen LogP contribution in [0.25, 0.3) is 0 Å². The summed E-state index contributed by atoms with van der Waals surface area (Å²) < 4.78 is 30.3. The van der Waals surface area contributed by atoms with E-state index in [2.05, 4.69) is 5.32 Å². The average Bonchev–Trinajstić information content (AvgIpc) is 3.04. The van der Waals surface area contributed by atoms with Crippen LogP contribution >= 0.6 is 11.3 Å². The highest BCUT2D eigenvalue weighted by molar-refractivity contribution is 7.92. The molecule has 1 aromatic carbocycles. The molecule has 0 saturated heterocycles. The zero-order chi connectivity index (χ0) is 22.8. The first kappa shape index (κ1) is 23.0. The first-order valence-electron chi connectivity index (χ1n) is 9.78. The fourth-order valence-corrected chi connectivity index (χ4v) is 5.75. The van der Waals surface area contributed by atoms with Gasteiger partial charge in [0.05, 0.1) is 23.6 Å². The predicted octanol–water partition coefficient (Wildman–Crippen LogP) is 2.55. The van der Waals surface area contributed by atoms with Gasteiger partial charge in [0, 0.05) is 18.3 Å². The van der Waals surface area contributed by atoms with Crippen molar-refractivity contribution in [3.8, 4) is 0 Å². The number of sulfone groups is 1. The summed E-state index contributed by atoms with van der Waals surface area (Å²) in [5.41, 5.74) is 1.88. The molecule has 2 heterocycles. The van der Waals surface area contributed by atoms with Crippen molar-refractivity contribution in [2.24, 2.45) is 0 Å². The predicted molar refractivity (Wildman–Crippen MR) is 117 cm³/mol. The fraction of sp³-hybridized carbons (Fsp3) is 0.381. The Labute approximate surface area is 185 Å². The van der Waals surface area contributed by atoms with Crippen molar-refractivity contribution in [3.05, 3.63) is 45.8 Å². The second-order valence-corrected chi connectivity index (χ2v) is 10.3. The Balaban J connectivity index is 1.86. The summed E-state index contributed by atoms with van der Waals surface area (Å²) in [5.74, 6) is -2.15. The zero-order valence-corrected chi connectivity index (χ0v) is 19.2. The van der Waals surface area contributed by atoms with E-state index in [9.17, 15) is 22.8 Å². The number of carbonyl (C=O) groups is 3. The lowest BCUT2D eigenvalue weighted by atomic mass is 10.0. The van der Waals surface area contributed by atoms with Gasteiger partial charge in [-0.25, -0.2) is 13.2 Å². The standard InChI is InChI=1S/C21H24N2O6S2/c1-4-29-21(26)19-16-9-10-23(14(3)24)11-17(16)30-20(19)22-18(25)12-31(27,28)15-7-5-13(2)6-8-15/h5-8H,4,9-12H2,1-3H3,(H,22,25). The summed E-state index contributed by atoms with van der Waals surface area (Å²) >= 11 is 1.17. The Morgan fingerprint density at radius 3 is 2.48 bits per heavy atom. The molecule has 31 heavy (non-hydrogen) atoms. The molecule has 0 saturated carbocycles. The molecule has 0 bridgehead atoms. The molecule has 1 aromatic heterocycles. The maximum Gasteiger partial charge on any atom is 0.341 e. The lowest BCUT2D eigenvalue weighted by molar-refractivity contribution is -0.129. The maximum atomic E-state index is 12.6. The monoisotopic (exact) mass is 464 g/mol. The average molecular weight is 465 g/mol. The Bertz CT molecular complexity index is 1120. The van der Waals surface area contributed by atoms with Crippen molar-refractivity contribution < 1.29 is 27.5 Å². The lowest BCUT2D eigenvalue weighted by Crippen LogP contribution is -2.34. The van der Waals surface area contributed by atoms with E-state index in [4.69, 9.17) is 4.74 Å². The van der Waals surface area contributed by atoms with Crippen LogP contribution in [0.15, 0.2) is 29.2 Å². The molecule has 1 aliphatic rings. The van der Waals surface area contributed by atoms with E-state index in [1.807, 2.05) is 6.92 Å². The van der Waals surface area contributed by atoms with E-state index in [1.54, 1.807) is 24.0 Å². The zero-order valence-electron chi connectivity index (χ0n) is 17.6. The van der Waals surface area contributed by atoms with Crippen LogP contribution in [0.5, 0.6) is 0 Å². The third-order valence-electron chi connectivity index (χ3n) is 4.94. The number of benzene rings is 1. The van der Waals surface area contributed by atoms with E-state index in [0.717, 1.165) is 16.0 Å². The molecule has 10 heteroatoms.